The summed E-state index contributed by atoms with van der Waals surface area (Å²) >= 11 is 0. The first-order valence-corrected chi connectivity index (χ1v) is 6.24. The Balaban J connectivity index is 2.38. The van der Waals surface area contributed by atoms with E-state index in [0.717, 1.165) is 31.6 Å². The molecule has 98 valence electrons. The maximum absolute atomic E-state index is 11.4. The molecule has 4 heteroatoms. The van der Waals surface area contributed by atoms with E-state index in [1.165, 1.54) is 0 Å². The van der Waals surface area contributed by atoms with Crippen molar-refractivity contribution in [2.75, 3.05) is 6.61 Å². The highest BCUT2D eigenvalue weighted by atomic mass is 16.6. The van der Waals surface area contributed by atoms with Crippen LogP contribution >= 0.6 is 0 Å². The van der Waals surface area contributed by atoms with E-state index < -0.39 is 5.97 Å². The molecule has 1 aliphatic rings. The molecule has 0 radical (unpaired) electrons. The Morgan fingerprint density at radius 2 is 2.00 bits per heavy atom. The predicted molar refractivity (Wildman–Crippen MR) is 63.3 cm³/mol. The first-order valence-electron chi connectivity index (χ1n) is 6.24. The minimum atomic E-state index is -0.456. The number of rotatable bonds is 5. The minimum absolute atomic E-state index is 0.263. The summed E-state index contributed by atoms with van der Waals surface area (Å²) < 4.78 is 9.77. The number of esters is 1. The topological polar surface area (TPSA) is 52.6 Å². The first kappa shape index (κ1) is 14.0. The highest BCUT2D eigenvalue weighted by molar-refractivity contribution is 5.72. The van der Waals surface area contributed by atoms with Crippen LogP contribution in [0.5, 0.6) is 0 Å². The molecule has 0 atom stereocenters. The van der Waals surface area contributed by atoms with Gasteiger partial charge in [-0.15, -0.1) is 0 Å². The second kappa shape index (κ2) is 6.03. The van der Waals surface area contributed by atoms with Crippen molar-refractivity contribution in [1.82, 2.24) is 0 Å². The molecule has 0 amide bonds. The normalized spacial score (nSPS) is 28.8. The standard InChI is InChI=1S/C13H22O4/c1-10(2)11-4-6-13(3,7-5-11)17-12(15)8-16-9-14/h9-11H,4-8H2,1-3H3. The smallest absolute Gasteiger partial charge is 0.344 e. The van der Waals surface area contributed by atoms with E-state index in [1.807, 2.05) is 6.92 Å². The summed E-state index contributed by atoms with van der Waals surface area (Å²) in [5, 5.41) is 0. The van der Waals surface area contributed by atoms with E-state index in [0.29, 0.717) is 5.92 Å². The van der Waals surface area contributed by atoms with E-state index >= 15 is 0 Å². The number of ether oxygens (including phenoxy) is 2. The molecule has 0 unspecified atom stereocenters. The molecule has 0 saturated heterocycles. The van der Waals surface area contributed by atoms with Gasteiger partial charge in [0.15, 0.2) is 6.61 Å². The van der Waals surface area contributed by atoms with Crippen molar-refractivity contribution >= 4 is 12.4 Å². The van der Waals surface area contributed by atoms with Gasteiger partial charge in [-0.05, 0) is 44.4 Å². The largest absolute Gasteiger partial charge is 0.457 e. The van der Waals surface area contributed by atoms with Gasteiger partial charge in [-0.3, -0.25) is 4.79 Å². The maximum atomic E-state index is 11.4. The third-order valence-corrected chi connectivity index (χ3v) is 3.66. The second-order valence-corrected chi connectivity index (χ2v) is 5.41. The van der Waals surface area contributed by atoms with Gasteiger partial charge >= 0.3 is 5.97 Å². The fourth-order valence-corrected chi connectivity index (χ4v) is 2.43. The molecule has 0 aromatic carbocycles. The average molecular weight is 242 g/mol. The molecule has 1 fully saturated rings. The lowest BCUT2D eigenvalue weighted by Gasteiger charge is -2.38. The molecule has 0 heterocycles. The molecule has 0 aliphatic heterocycles. The zero-order valence-corrected chi connectivity index (χ0v) is 10.9. The molecular formula is C13H22O4. The summed E-state index contributed by atoms with van der Waals surface area (Å²) in [6, 6.07) is 0. The van der Waals surface area contributed by atoms with Crippen LogP contribution in [0, 0.1) is 11.8 Å². The Hall–Kier alpha value is -1.06. The molecular weight excluding hydrogens is 220 g/mol. The van der Waals surface area contributed by atoms with Crippen LogP contribution in [0.2, 0.25) is 0 Å². The van der Waals surface area contributed by atoms with E-state index in [1.54, 1.807) is 0 Å². The van der Waals surface area contributed by atoms with Crippen LogP contribution in [0.3, 0.4) is 0 Å². The number of hydrogen-bond donors (Lipinski definition) is 0. The van der Waals surface area contributed by atoms with Crippen molar-refractivity contribution in [3.63, 3.8) is 0 Å². The van der Waals surface area contributed by atoms with Crippen molar-refractivity contribution < 1.29 is 19.1 Å². The Kier molecular flexibility index (Phi) is 4.97. The molecule has 0 spiro atoms. The summed E-state index contributed by atoms with van der Waals surface area (Å²) in [7, 11) is 0. The molecule has 0 bridgehead atoms. The SMILES string of the molecule is CC(C)C1CCC(C)(OC(=O)COC=O)CC1. The lowest BCUT2D eigenvalue weighted by Crippen LogP contribution is -2.38. The van der Waals surface area contributed by atoms with Crippen LogP contribution in [-0.2, 0) is 19.1 Å². The van der Waals surface area contributed by atoms with E-state index in [2.05, 4.69) is 18.6 Å². The van der Waals surface area contributed by atoms with Crippen LogP contribution in [0.1, 0.15) is 46.5 Å². The maximum Gasteiger partial charge on any atom is 0.344 e. The molecule has 1 saturated carbocycles. The predicted octanol–water partition coefficient (Wildman–Crippen LogP) is 2.31. The van der Waals surface area contributed by atoms with Crippen molar-refractivity contribution in [3.05, 3.63) is 0 Å². The Morgan fingerprint density at radius 3 is 2.47 bits per heavy atom. The number of hydrogen-bond acceptors (Lipinski definition) is 4. The third kappa shape index (κ3) is 4.36. The van der Waals surface area contributed by atoms with Gasteiger partial charge in [0.05, 0.1) is 0 Å². The van der Waals surface area contributed by atoms with Crippen molar-refractivity contribution in [1.29, 1.82) is 0 Å². The fourth-order valence-electron chi connectivity index (χ4n) is 2.43. The Morgan fingerprint density at radius 1 is 1.41 bits per heavy atom. The van der Waals surface area contributed by atoms with Crippen LogP contribution in [0.15, 0.2) is 0 Å². The number of carbonyl (C=O) groups excluding carboxylic acids is 2. The van der Waals surface area contributed by atoms with Crippen molar-refractivity contribution in [3.8, 4) is 0 Å². The summed E-state index contributed by atoms with van der Waals surface area (Å²) in [6.45, 7) is 6.41. The van der Waals surface area contributed by atoms with Crippen molar-refractivity contribution in [2.24, 2.45) is 11.8 Å². The van der Waals surface area contributed by atoms with Gasteiger partial charge < -0.3 is 9.47 Å². The zero-order valence-electron chi connectivity index (χ0n) is 10.9. The molecule has 4 nitrogen and oxygen atoms in total. The first-order chi connectivity index (χ1) is 7.97. The van der Waals surface area contributed by atoms with Gasteiger partial charge in [-0.2, -0.15) is 0 Å². The lowest BCUT2D eigenvalue weighted by molar-refractivity contribution is -0.169. The monoisotopic (exact) mass is 242 g/mol. The molecule has 0 aromatic rings. The van der Waals surface area contributed by atoms with Gasteiger partial charge in [0.25, 0.3) is 6.47 Å². The van der Waals surface area contributed by atoms with E-state index in [9.17, 15) is 9.59 Å². The van der Waals surface area contributed by atoms with E-state index in [-0.39, 0.29) is 18.7 Å². The van der Waals surface area contributed by atoms with Crippen LogP contribution < -0.4 is 0 Å². The molecule has 0 aromatic heterocycles. The van der Waals surface area contributed by atoms with Crippen LogP contribution in [-0.4, -0.2) is 24.6 Å². The average Bonchev–Trinajstić information content (AvgIpc) is 2.26. The molecule has 1 aliphatic carbocycles. The quantitative estimate of drug-likeness (QED) is 0.548. The summed E-state index contributed by atoms with van der Waals surface area (Å²) in [5.41, 5.74) is -0.380. The molecule has 0 N–H and O–H groups in total. The van der Waals surface area contributed by atoms with Crippen LogP contribution in [0.4, 0.5) is 0 Å². The van der Waals surface area contributed by atoms with Gasteiger partial charge in [0, 0.05) is 0 Å². The van der Waals surface area contributed by atoms with Gasteiger partial charge in [-0.25, -0.2) is 4.79 Å². The summed E-state index contributed by atoms with van der Waals surface area (Å²) in [6.07, 6.45) is 3.97. The number of carbonyl (C=O) groups is 2. The van der Waals surface area contributed by atoms with Gasteiger partial charge in [0.2, 0.25) is 0 Å². The Bertz CT molecular complexity index is 265. The molecule has 1 rings (SSSR count). The summed E-state index contributed by atoms with van der Waals surface area (Å²) in [5.74, 6) is 0.962. The van der Waals surface area contributed by atoms with Gasteiger partial charge in [-0.1, -0.05) is 13.8 Å². The van der Waals surface area contributed by atoms with Crippen LogP contribution in [0.25, 0.3) is 0 Å². The lowest BCUT2D eigenvalue weighted by atomic mass is 9.75. The van der Waals surface area contributed by atoms with Gasteiger partial charge in [0.1, 0.15) is 5.60 Å². The minimum Gasteiger partial charge on any atom is -0.457 e. The highest BCUT2D eigenvalue weighted by Gasteiger charge is 2.35. The summed E-state index contributed by atoms with van der Waals surface area (Å²) in [4.78, 5) is 21.4. The second-order valence-electron chi connectivity index (χ2n) is 5.41. The third-order valence-electron chi connectivity index (χ3n) is 3.66. The van der Waals surface area contributed by atoms with E-state index in [4.69, 9.17) is 4.74 Å². The fraction of sp³-hybridized carbons (Fsp3) is 0.846. The molecule has 17 heavy (non-hydrogen) atoms. The zero-order chi connectivity index (χ0) is 12.9. The Labute approximate surface area is 103 Å². The highest BCUT2D eigenvalue weighted by Crippen LogP contribution is 2.37. The van der Waals surface area contributed by atoms with Crippen molar-refractivity contribution in [2.45, 2.75) is 52.1 Å².